The van der Waals surface area contributed by atoms with E-state index in [-0.39, 0.29) is 11.7 Å². The maximum Gasteiger partial charge on any atom is 0.256 e. The normalized spacial score (nSPS) is 11.0. The zero-order valence-electron chi connectivity index (χ0n) is 20.3. The molecule has 0 saturated carbocycles. The fourth-order valence-electron chi connectivity index (χ4n) is 4.16. The molecule has 38 heavy (non-hydrogen) atoms. The lowest BCUT2D eigenvalue weighted by Gasteiger charge is -2.11. The molecule has 8 heteroatoms. The number of amides is 1. The van der Waals surface area contributed by atoms with Gasteiger partial charge in [-0.05, 0) is 48.7 Å². The number of hydrogen-bond donors (Lipinski definition) is 1. The summed E-state index contributed by atoms with van der Waals surface area (Å²) in [6.07, 6.45) is 0. The highest BCUT2D eigenvalue weighted by molar-refractivity contribution is 7.13. The number of fused-ring (bicyclic) bond motifs is 1. The Hall–Kier alpha value is -4.95. The van der Waals surface area contributed by atoms with Crippen LogP contribution in [0, 0.1) is 6.92 Å². The summed E-state index contributed by atoms with van der Waals surface area (Å²) in [5.74, 6) is 0.154. The average molecular weight is 516 g/mol. The van der Waals surface area contributed by atoms with Crippen LogP contribution >= 0.6 is 11.3 Å². The smallest absolute Gasteiger partial charge is 0.256 e. The van der Waals surface area contributed by atoms with Crippen molar-refractivity contribution in [2.24, 2.45) is 0 Å². The van der Waals surface area contributed by atoms with E-state index < -0.39 is 0 Å². The van der Waals surface area contributed by atoms with Gasteiger partial charge in [-0.25, -0.2) is 0 Å². The summed E-state index contributed by atoms with van der Waals surface area (Å²) in [7, 11) is 0. The van der Waals surface area contributed by atoms with Gasteiger partial charge < -0.3 is 5.32 Å². The summed E-state index contributed by atoms with van der Waals surface area (Å²) in [6.45, 7) is 1.96. The fourth-order valence-corrected chi connectivity index (χ4v) is 4.86. The summed E-state index contributed by atoms with van der Waals surface area (Å²) in [4.78, 5) is 27.3. The summed E-state index contributed by atoms with van der Waals surface area (Å²) < 4.78 is 1.73. The summed E-state index contributed by atoms with van der Waals surface area (Å²) in [5, 5.41) is 18.1. The molecule has 3 aromatic heterocycles. The van der Waals surface area contributed by atoms with Crippen molar-refractivity contribution in [3.8, 4) is 22.0 Å². The lowest BCUT2D eigenvalue weighted by Crippen LogP contribution is -2.17. The lowest BCUT2D eigenvalue weighted by atomic mass is 9.97. The fraction of sp³-hybridized carbons (Fsp3) is 0.0333. The number of benzene rings is 3. The van der Waals surface area contributed by atoms with Gasteiger partial charge in [0.15, 0.2) is 17.3 Å². The van der Waals surface area contributed by atoms with Crippen LogP contribution in [0.15, 0.2) is 102 Å². The molecule has 0 saturated heterocycles. The van der Waals surface area contributed by atoms with Crippen LogP contribution in [0.3, 0.4) is 0 Å². The van der Waals surface area contributed by atoms with Crippen LogP contribution in [0.4, 0.5) is 5.69 Å². The molecular formula is C30H21N5O2S. The second-order valence-corrected chi connectivity index (χ2v) is 9.71. The number of rotatable bonds is 6. The van der Waals surface area contributed by atoms with E-state index in [1.54, 1.807) is 52.3 Å². The van der Waals surface area contributed by atoms with Gasteiger partial charge >= 0.3 is 0 Å². The van der Waals surface area contributed by atoms with Gasteiger partial charge in [0, 0.05) is 22.4 Å². The van der Waals surface area contributed by atoms with E-state index in [0.717, 1.165) is 21.7 Å². The zero-order valence-corrected chi connectivity index (χ0v) is 21.1. The van der Waals surface area contributed by atoms with E-state index in [2.05, 4.69) is 15.5 Å². The van der Waals surface area contributed by atoms with Crippen molar-refractivity contribution >= 4 is 34.4 Å². The molecule has 6 rings (SSSR count). The molecule has 0 aliphatic rings. The van der Waals surface area contributed by atoms with Crippen LogP contribution in [0.1, 0.15) is 31.8 Å². The number of ketones is 1. The maximum atomic E-state index is 13.2. The first-order valence-electron chi connectivity index (χ1n) is 12.0. The quantitative estimate of drug-likeness (QED) is 0.263. The van der Waals surface area contributed by atoms with Gasteiger partial charge in [-0.15, -0.1) is 21.5 Å². The molecule has 7 nitrogen and oxygen atoms in total. The van der Waals surface area contributed by atoms with Crippen molar-refractivity contribution in [1.82, 2.24) is 19.8 Å². The minimum atomic E-state index is -0.349. The Morgan fingerprint density at radius 3 is 2.29 bits per heavy atom. The van der Waals surface area contributed by atoms with Crippen LogP contribution in [0.5, 0.6) is 0 Å². The molecule has 1 N–H and O–H groups in total. The number of aromatic nitrogens is 4. The highest BCUT2D eigenvalue weighted by atomic mass is 32.1. The molecule has 0 bridgehead atoms. The second kappa shape index (κ2) is 9.84. The predicted molar refractivity (Wildman–Crippen MR) is 149 cm³/mol. The van der Waals surface area contributed by atoms with E-state index in [0.29, 0.717) is 33.8 Å². The van der Waals surface area contributed by atoms with E-state index in [9.17, 15) is 9.59 Å². The van der Waals surface area contributed by atoms with Gasteiger partial charge in [-0.1, -0.05) is 66.2 Å². The number of anilines is 1. The topological polar surface area (TPSA) is 89.2 Å². The second-order valence-electron chi connectivity index (χ2n) is 8.76. The number of thiophene rings is 1. The van der Waals surface area contributed by atoms with Gasteiger partial charge in [-0.2, -0.15) is 9.61 Å². The highest BCUT2D eigenvalue weighted by Gasteiger charge is 2.18. The Bertz CT molecular complexity index is 1770. The molecule has 0 atom stereocenters. The minimum Gasteiger partial charge on any atom is -0.322 e. The van der Waals surface area contributed by atoms with Crippen LogP contribution < -0.4 is 5.32 Å². The molecular weight excluding hydrogens is 494 g/mol. The number of aryl methyl sites for hydroxylation is 1. The third kappa shape index (κ3) is 4.49. The van der Waals surface area contributed by atoms with E-state index in [1.807, 2.05) is 73.0 Å². The standard InChI is InChI=1S/C30H21N5O2S/c1-19-8-10-21(11-9-19)28(36)23-5-2-3-6-24(23)30(37)31-22-14-12-20(13-15-22)25-16-17-27-32-33-29(35(27)34-25)26-7-4-18-38-26/h2-18H,1H3,(H,31,37). The first kappa shape index (κ1) is 23.4. The average Bonchev–Trinajstić information content (AvgIpc) is 3.63. The molecule has 0 radical (unpaired) electrons. The number of hydrogen-bond acceptors (Lipinski definition) is 6. The van der Waals surface area contributed by atoms with Gasteiger partial charge in [0.1, 0.15) is 0 Å². The van der Waals surface area contributed by atoms with E-state index >= 15 is 0 Å². The summed E-state index contributed by atoms with van der Waals surface area (Å²) in [6, 6.07) is 29.3. The molecule has 1 amide bonds. The summed E-state index contributed by atoms with van der Waals surface area (Å²) >= 11 is 1.58. The molecule has 184 valence electrons. The van der Waals surface area contributed by atoms with Crippen molar-refractivity contribution in [1.29, 1.82) is 0 Å². The number of nitrogens with one attached hydrogen (secondary N) is 1. The third-order valence-corrected chi connectivity index (χ3v) is 7.04. The Labute approximate surface area is 222 Å². The first-order chi connectivity index (χ1) is 18.6. The monoisotopic (exact) mass is 515 g/mol. The molecule has 0 unspecified atom stereocenters. The van der Waals surface area contributed by atoms with E-state index in [1.165, 1.54) is 0 Å². The molecule has 3 aromatic carbocycles. The predicted octanol–water partition coefficient (Wildman–Crippen LogP) is 6.31. The SMILES string of the molecule is Cc1ccc(C(=O)c2ccccc2C(=O)Nc2ccc(-c3ccc4nnc(-c5cccs5)n4n3)cc2)cc1. The van der Waals surface area contributed by atoms with Gasteiger partial charge in [-0.3, -0.25) is 9.59 Å². The lowest BCUT2D eigenvalue weighted by molar-refractivity contribution is 0.0996. The summed E-state index contributed by atoms with van der Waals surface area (Å²) in [5.41, 5.74) is 5.20. The third-order valence-electron chi connectivity index (χ3n) is 6.17. The Balaban J connectivity index is 1.23. The van der Waals surface area contributed by atoms with Crippen molar-refractivity contribution in [3.63, 3.8) is 0 Å². The van der Waals surface area contributed by atoms with Gasteiger partial charge in [0.25, 0.3) is 5.91 Å². The highest BCUT2D eigenvalue weighted by Crippen LogP contribution is 2.25. The van der Waals surface area contributed by atoms with Gasteiger partial charge in [0.2, 0.25) is 0 Å². The Morgan fingerprint density at radius 1 is 0.789 bits per heavy atom. The van der Waals surface area contributed by atoms with Crippen LogP contribution in [0.2, 0.25) is 0 Å². The van der Waals surface area contributed by atoms with Crippen molar-refractivity contribution in [2.75, 3.05) is 5.32 Å². The Morgan fingerprint density at radius 2 is 1.55 bits per heavy atom. The van der Waals surface area contributed by atoms with Crippen LogP contribution in [0.25, 0.3) is 27.6 Å². The zero-order chi connectivity index (χ0) is 26.1. The molecule has 6 aromatic rings. The molecule has 0 aliphatic carbocycles. The van der Waals surface area contributed by atoms with Crippen molar-refractivity contribution in [2.45, 2.75) is 6.92 Å². The largest absolute Gasteiger partial charge is 0.322 e. The molecule has 3 heterocycles. The van der Waals surface area contributed by atoms with Crippen LogP contribution in [-0.2, 0) is 0 Å². The number of nitrogens with zero attached hydrogens (tertiary/aromatic N) is 4. The van der Waals surface area contributed by atoms with Crippen LogP contribution in [-0.4, -0.2) is 31.5 Å². The molecule has 0 spiro atoms. The minimum absolute atomic E-state index is 0.191. The first-order valence-corrected chi connectivity index (χ1v) is 12.8. The van der Waals surface area contributed by atoms with Crippen molar-refractivity contribution in [3.05, 3.63) is 125 Å². The maximum absolute atomic E-state index is 13.2. The number of carbonyl (C=O) groups is 2. The molecule has 0 aliphatic heterocycles. The van der Waals surface area contributed by atoms with Crippen molar-refractivity contribution < 1.29 is 9.59 Å². The van der Waals surface area contributed by atoms with Gasteiger partial charge in [0.05, 0.1) is 16.1 Å². The Kier molecular flexibility index (Phi) is 6.07. The molecule has 0 fully saturated rings. The van der Waals surface area contributed by atoms with E-state index in [4.69, 9.17) is 5.10 Å². The number of carbonyl (C=O) groups excluding carboxylic acids is 2.